The molecule has 0 saturated heterocycles. The quantitative estimate of drug-likeness (QED) is 0.222. The third kappa shape index (κ3) is 11.7. The van der Waals surface area contributed by atoms with Crippen LogP contribution in [0.5, 0.6) is 0 Å². The number of aryl methyl sites for hydroxylation is 2. The maximum absolute atomic E-state index is 2.36. The van der Waals surface area contributed by atoms with Gasteiger partial charge >= 0.3 is 0 Å². The summed E-state index contributed by atoms with van der Waals surface area (Å²) in [6.07, 6.45) is 27.9. The molecular formula is C22H43N2+. The number of hydrogen-bond donors (Lipinski definition) is 0. The van der Waals surface area contributed by atoms with E-state index in [1.165, 1.54) is 109 Å². The van der Waals surface area contributed by atoms with Crippen LogP contribution in [0, 0.1) is 0 Å². The summed E-state index contributed by atoms with van der Waals surface area (Å²) in [5, 5.41) is 0. The van der Waals surface area contributed by atoms with Crippen molar-refractivity contribution >= 4 is 0 Å². The van der Waals surface area contributed by atoms with Gasteiger partial charge < -0.3 is 0 Å². The molecular weight excluding hydrogens is 292 g/mol. The second kappa shape index (κ2) is 15.7. The highest BCUT2D eigenvalue weighted by Crippen LogP contribution is 2.12. The molecule has 0 spiro atoms. The van der Waals surface area contributed by atoms with E-state index in [-0.39, 0.29) is 0 Å². The van der Waals surface area contributed by atoms with E-state index in [2.05, 4.69) is 41.7 Å². The van der Waals surface area contributed by atoms with Gasteiger partial charge in [-0.2, -0.15) is 0 Å². The third-order valence-electron chi connectivity index (χ3n) is 5.04. The van der Waals surface area contributed by atoms with Gasteiger partial charge in [0.25, 0.3) is 0 Å². The largest absolute Gasteiger partial charge is 0.243 e. The Morgan fingerprint density at radius 3 is 1.67 bits per heavy atom. The lowest BCUT2D eigenvalue weighted by molar-refractivity contribution is -0.696. The van der Waals surface area contributed by atoms with Gasteiger partial charge in [0.15, 0.2) is 0 Å². The van der Waals surface area contributed by atoms with Crippen molar-refractivity contribution in [3.63, 3.8) is 0 Å². The molecule has 0 fully saturated rings. The molecule has 1 aromatic heterocycles. The molecule has 0 bridgehead atoms. The molecule has 140 valence electrons. The molecule has 0 aliphatic carbocycles. The van der Waals surface area contributed by atoms with E-state index >= 15 is 0 Å². The van der Waals surface area contributed by atoms with Gasteiger partial charge in [-0.3, -0.25) is 0 Å². The molecule has 2 nitrogen and oxygen atoms in total. The van der Waals surface area contributed by atoms with Gasteiger partial charge in [0, 0.05) is 0 Å². The zero-order chi connectivity index (χ0) is 17.3. The molecule has 1 rings (SSSR count). The molecule has 24 heavy (non-hydrogen) atoms. The van der Waals surface area contributed by atoms with Crippen LogP contribution in [0.4, 0.5) is 0 Å². The first-order chi connectivity index (χ1) is 11.9. The van der Waals surface area contributed by atoms with E-state index in [1.807, 2.05) is 0 Å². The van der Waals surface area contributed by atoms with Crippen molar-refractivity contribution < 1.29 is 4.57 Å². The number of rotatable bonds is 17. The van der Waals surface area contributed by atoms with Gasteiger partial charge in [0.1, 0.15) is 12.4 Å². The zero-order valence-corrected chi connectivity index (χ0v) is 16.6. The molecule has 1 aromatic rings. The van der Waals surface area contributed by atoms with Crippen molar-refractivity contribution in [3.05, 3.63) is 18.7 Å². The van der Waals surface area contributed by atoms with Crippen LogP contribution in [0.15, 0.2) is 18.7 Å². The normalized spacial score (nSPS) is 11.2. The van der Waals surface area contributed by atoms with E-state index < -0.39 is 0 Å². The number of hydrogen-bond acceptors (Lipinski definition) is 0. The standard InChI is InChI=1S/C22H43N2/c1-3-5-7-8-9-10-11-12-13-14-15-16-17-19-24-21-20-23(22-24)18-6-4-2/h20-22H,3-19H2,1-2H3/q+1. The Morgan fingerprint density at radius 1 is 0.625 bits per heavy atom. The average Bonchev–Trinajstić information content (AvgIpc) is 3.05. The molecule has 0 unspecified atom stereocenters. The van der Waals surface area contributed by atoms with Gasteiger partial charge in [0.2, 0.25) is 6.33 Å². The topological polar surface area (TPSA) is 8.81 Å². The van der Waals surface area contributed by atoms with Crippen LogP contribution < -0.4 is 4.57 Å². The van der Waals surface area contributed by atoms with Crippen molar-refractivity contribution in [2.45, 2.75) is 123 Å². The lowest BCUT2D eigenvalue weighted by atomic mass is 10.0. The highest BCUT2D eigenvalue weighted by atomic mass is 15.1. The Labute approximate surface area is 151 Å². The summed E-state index contributed by atoms with van der Waals surface area (Å²) < 4.78 is 4.68. The molecule has 1 heterocycles. The maximum Gasteiger partial charge on any atom is 0.243 e. The number of imidazole rings is 1. The second-order valence-corrected chi connectivity index (χ2v) is 7.49. The van der Waals surface area contributed by atoms with Crippen LogP contribution in [0.1, 0.15) is 110 Å². The smallest absolute Gasteiger partial charge is 0.237 e. The van der Waals surface area contributed by atoms with Crippen molar-refractivity contribution in [1.29, 1.82) is 0 Å². The molecule has 2 heteroatoms. The zero-order valence-electron chi connectivity index (χ0n) is 16.6. The summed E-state index contributed by atoms with van der Waals surface area (Å²) in [5.41, 5.74) is 0. The summed E-state index contributed by atoms with van der Waals surface area (Å²) in [4.78, 5) is 0. The van der Waals surface area contributed by atoms with Gasteiger partial charge in [-0.15, -0.1) is 0 Å². The minimum absolute atomic E-state index is 1.17. The Balaban J connectivity index is 1.83. The van der Waals surface area contributed by atoms with Crippen molar-refractivity contribution in [1.82, 2.24) is 4.57 Å². The highest BCUT2D eigenvalue weighted by Gasteiger charge is 2.02. The Kier molecular flexibility index (Phi) is 13.9. The molecule has 0 radical (unpaired) electrons. The van der Waals surface area contributed by atoms with E-state index in [1.54, 1.807) is 0 Å². The molecule has 0 amide bonds. The van der Waals surface area contributed by atoms with Crippen molar-refractivity contribution in [3.8, 4) is 0 Å². The monoisotopic (exact) mass is 335 g/mol. The van der Waals surface area contributed by atoms with E-state index in [9.17, 15) is 0 Å². The minimum atomic E-state index is 1.17. The van der Waals surface area contributed by atoms with Crippen LogP contribution in [-0.2, 0) is 13.1 Å². The molecule has 0 N–H and O–H groups in total. The van der Waals surface area contributed by atoms with Crippen LogP contribution in [0.2, 0.25) is 0 Å². The van der Waals surface area contributed by atoms with Crippen molar-refractivity contribution in [2.75, 3.05) is 0 Å². The fourth-order valence-corrected chi connectivity index (χ4v) is 3.36. The van der Waals surface area contributed by atoms with E-state index in [4.69, 9.17) is 0 Å². The summed E-state index contributed by atoms with van der Waals surface area (Å²) in [6.45, 7) is 6.91. The highest BCUT2D eigenvalue weighted by molar-refractivity contribution is 4.65. The molecule has 0 saturated carbocycles. The molecule has 0 aliphatic heterocycles. The first-order valence-corrected chi connectivity index (χ1v) is 10.9. The first-order valence-electron chi connectivity index (χ1n) is 10.9. The Hall–Kier alpha value is -0.790. The lowest BCUT2D eigenvalue weighted by Gasteiger charge is -2.02. The van der Waals surface area contributed by atoms with Gasteiger partial charge in [0.05, 0.1) is 13.1 Å². The lowest BCUT2D eigenvalue weighted by Crippen LogP contribution is -2.30. The van der Waals surface area contributed by atoms with E-state index in [0.717, 1.165) is 0 Å². The average molecular weight is 336 g/mol. The summed E-state index contributed by atoms with van der Waals surface area (Å²) in [6, 6.07) is 0. The maximum atomic E-state index is 2.36. The third-order valence-corrected chi connectivity index (χ3v) is 5.04. The SMILES string of the molecule is CCCCCCCCCCCCCCC[n+]1ccn(CCCC)c1. The van der Waals surface area contributed by atoms with Crippen molar-refractivity contribution in [2.24, 2.45) is 0 Å². The van der Waals surface area contributed by atoms with Gasteiger partial charge in [-0.05, 0) is 19.3 Å². The first kappa shape index (κ1) is 21.3. The van der Waals surface area contributed by atoms with Crippen LogP contribution in [0.25, 0.3) is 0 Å². The number of unbranched alkanes of at least 4 members (excludes halogenated alkanes) is 13. The Morgan fingerprint density at radius 2 is 1.12 bits per heavy atom. The minimum Gasteiger partial charge on any atom is -0.237 e. The summed E-state index contributed by atoms with van der Waals surface area (Å²) in [7, 11) is 0. The Bertz CT molecular complexity index is 370. The summed E-state index contributed by atoms with van der Waals surface area (Å²) in [5.74, 6) is 0. The van der Waals surface area contributed by atoms with Gasteiger partial charge in [-0.1, -0.05) is 90.9 Å². The number of aromatic nitrogens is 2. The summed E-state index contributed by atoms with van der Waals surface area (Å²) >= 11 is 0. The second-order valence-electron chi connectivity index (χ2n) is 7.49. The predicted octanol–water partition coefficient (Wildman–Crippen LogP) is 6.67. The van der Waals surface area contributed by atoms with E-state index in [0.29, 0.717) is 0 Å². The fraction of sp³-hybridized carbons (Fsp3) is 0.864. The fourth-order valence-electron chi connectivity index (χ4n) is 3.36. The molecule has 0 aromatic carbocycles. The number of nitrogens with zero attached hydrogens (tertiary/aromatic N) is 2. The van der Waals surface area contributed by atoms with Crippen LogP contribution >= 0.6 is 0 Å². The molecule has 0 aliphatic rings. The van der Waals surface area contributed by atoms with Gasteiger partial charge in [-0.25, -0.2) is 9.13 Å². The van der Waals surface area contributed by atoms with Crippen LogP contribution in [-0.4, -0.2) is 4.57 Å². The molecule has 0 atom stereocenters. The van der Waals surface area contributed by atoms with Crippen LogP contribution in [0.3, 0.4) is 0 Å². The predicted molar refractivity (Wildman–Crippen MR) is 105 cm³/mol.